The highest BCUT2D eigenvalue weighted by molar-refractivity contribution is 5.18. The first kappa shape index (κ1) is 13.2. The van der Waals surface area contributed by atoms with Crippen LogP contribution in [-0.2, 0) is 6.54 Å². The molecule has 0 radical (unpaired) electrons. The minimum Gasteiger partial charge on any atom is -0.297 e. The number of hydrogen-bond donors (Lipinski definition) is 0. The maximum atomic E-state index is 13.6. The lowest BCUT2D eigenvalue weighted by atomic mass is 10.2. The second kappa shape index (κ2) is 5.32. The molecule has 0 saturated carbocycles. The fraction of sp³-hybridized carbons (Fsp3) is 0.400. The van der Waals surface area contributed by atoms with Gasteiger partial charge >= 0.3 is 0 Å². The molecule has 3 nitrogen and oxygen atoms in total. The van der Waals surface area contributed by atoms with Gasteiger partial charge in [-0.3, -0.25) is 9.58 Å². The van der Waals surface area contributed by atoms with Gasteiger partial charge in [-0.05, 0) is 37.1 Å². The van der Waals surface area contributed by atoms with Gasteiger partial charge in [-0.2, -0.15) is 5.10 Å². The second-order valence-corrected chi connectivity index (χ2v) is 5.41. The molecule has 2 aromatic rings. The molecular formula is C15H17F2N3. The van der Waals surface area contributed by atoms with Gasteiger partial charge < -0.3 is 0 Å². The molecule has 1 aliphatic heterocycles. The van der Waals surface area contributed by atoms with Crippen molar-refractivity contribution in [2.45, 2.75) is 25.9 Å². The first-order valence-electron chi connectivity index (χ1n) is 6.79. The van der Waals surface area contributed by atoms with Gasteiger partial charge in [-0.15, -0.1) is 0 Å². The summed E-state index contributed by atoms with van der Waals surface area (Å²) in [5.41, 5.74) is 1.56. The molecule has 0 amide bonds. The average molecular weight is 277 g/mol. The molecule has 1 atom stereocenters. The summed E-state index contributed by atoms with van der Waals surface area (Å²) in [5.74, 6) is -0.732. The first-order valence-corrected chi connectivity index (χ1v) is 6.79. The van der Waals surface area contributed by atoms with Crippen molar-refractivity contribution < 1.29 is 8.78 Å². The van der Waals surface area contributed by atoms with Gasteiger partial charge in [-0.1, -0.05) is 0 Å². The lowest BCUT2D eigenvalue weighted by Crippen LogP contribution is -2.22. The lowest BCUT2D eigenvalue weighted by Gasteiger charge is -2.16. The largest absolute Gasteiger partial charge is 0.297 e. The second-order valence-electron chi connectivity index (χ2n) is 5.41. The summed E-state index contributed by atoms with van der Waals surface area (Å²) >= 11 is 0. The Labute approximate surface area is 116 Å². The van der Waals surface area contributed by atoms with E-state index in [-0.39, 0.29) is 11.6 Å². The molecule has 0 aliphatic carbocycles. The Morgan fingerprint density at radius 2 is 2.20 bits per heavy atom. The van der Waals surface area contributed by atoms with Crippen molar-refractivity contribution in [2.75, 3.05) is 13.1 Å². The summed E-state index contributed by atoms with van der Waals surface area (Å²) in [6, 6.07) is 3.94. The van der Waals surface area contributed by atoms with Gasteiger partial charge in [-0.25, -0.2) is 8.78 Å². The van der Waals surface area contributed by atoms with E-state index in [9.17, 15) is 8.78 Å². The molecule has 0 spiro atoms. The normalized spacial score (nSPS) is 19.6. The molecule has 1 aromatic carbocycles. The SMILES string of the molecule is Cc1cnn(C2CCN(Cc3cc(F)ccc3F)C2)c1. The van der Waals surface area contributed by atoms with E-state index in [0.717, 1.165) is 31.1 Å². The number of aromatic nitrogens is 2. The van der Waals surface area contributed by atoms with Crippen LogP contribution in [0.1, 0.15) is 23.6 Å². The highest BCUT2D eigenvalue weighted by atomic mass is 19.1. The highest BCUT2D eigenvalue weighted by Gasteiger charge is 2.25. The Morgan fingerprint density at radius 1 is 1.35 bits per heavy atom. The van der Waals surface area contributed by atoms with E-state index in [0.29, 0.717) is 18.2 Å². The van der Waals surface area contributed by atoms with Crippen molar-refractivity contribution in [1.82, 2.24) is 14.7 Å². The molecular weight excluding hydrogens is 260 g/mol. The van der Waals surface area contributed by atoms with Gasteiger partial charge in [0.1, 0.15) is 11.6 Å². The van der Waals surface area contributed by atoms with E-state index in [4.69, 9.17) is 0 Å². The van der Waals surface area contributed by atoms with E-state index in [1.165, 1.54) is 12.1 Å². The quantitative estimate of drug-likeness (QED) is 0.860. The van der Waals surface area contributed by atoms with Gasteiger partial charge in [0, 0.05) is 31.4 Å². The molecule has 1 aromatic heterocycles. The maximum absolute atomic E-state index is 13.6. The van der Waals surface area contributed by atoms with Crippen LogP contribution in [-0.4, -0.2) is 27.8 Å². The Morgan fingerprint density at radius 3 is 2.95 bits per heavy atom. The van der Waals surface area contributed by atoms with Crippen LogP contribution in [0.2, 0.25) is 0 Å². The molecule has 2 heterocycles. The summed E-state index contributed by atoms with van der Waals surface area (Å²) in [5, 5.41) is 4.33. The zero-order valence-corrected chi connectivity index (χ0v) is 11.4. The summed E-state index contributed by atoms with van der Waals surface area (Å²) in [7, 11) is 0. The minimum atomic E-state index is -0.389. The van der Waals surface area contributed by atoms with Crippen molar-refractivity contribution in [3.63, 3.8) is 0 Å². The summed E-state index contributed by atoms with van der Waals surface area (Å²) in [6.07, 6.45) is 4.85. The van der Waals surface area contributed by atoms with Gasteiger partial charge in [0.15, 0.2) is 0 Å². The third kappa shape index (κ3) is 2.72. The molecule has 3 rings (SSSR count). The van der Waals surface area contributed by atoms with Crippen molar-refractivity contribution in [3.05, 3.63) is 53.4 Å². The van der Waals surface area contributed by atoms with Gasteiger partial charge in [0.25, 0.3) is 0 Å². The van der Waals surface area contributed by atoms with E-state index in [1.807, 2.05) is 24.0 Å². The van der Waals surface area contributed by atoms with Crippen molar-refractivity contribution in [2.24, 2.45) is 0 Å². The highest BCUT2D eigenvalue weighted by Crippen LogP contribution is 2.23. The summed E-state index contributed by atoms with van der Waals surface area (Å²) in [6.45, 7) is 4.15. The molecule has 0 bridgehead atoms. The Kier molecular flexibility index (Phi) is 3.53. The Hall–Kier alpha value is -1.75. The van der Waals surface area contributed by atoms with Crippen LogP contribution in [0, 0.1) is 18.6 Å². The van der Waals surface area contributed by atoms with Crippen LogP contribution < -0.4 is 0 Å². The van der Waals surface area contributed by atoms with E-state index in [2.05, 4.69) is 10.00 Å². The lowest BCUT2D eigenvalue weighted by molar-refractivity contribution is 0.306. The molecule has 20 heavy (non-hydrogen) atoms. The molecule has 1 aliphatic rings. The van der Waals surface area contributed by atoms with E-state index in [1.54, 1.807) is 0 Å². The van der Waals surface area contributed by atoms with Crippen molar-refractivity contribution >= 4 is 0 Å². The molecule has 1 fully saturated rings. The zero-order valence-electron chi connectivity index (χ0n) is 11.4. The van der Waals surface area contributed by atoms with E-state index >= 15 is 0 Å². The van der Waals surface area contributed by atoms with Crippen LogP contribution in [0.4, 0.5) is 8.78 Å². The average Bonchev–Trinajstić information content (AvgIpc) is 3.03. The smallest absolute Gasteiger partial charge is 0.127 e. The standard InChI is InChI=1S/C15H17F2N3/c1-11-7-18-20(8-11)14-4-5-19(10-14)9-12-6-13(16)2-3-15(12)17/h2-3,6-8,14H,4-5,9-10H2,1H3. The fourth-order valence-corrected chi connectivity index (χ4v) is 2.71. The van der Waals surface area contributed by atoms with Gasteiger partial charge in [0.2, 0.25) is 0 Å². The van der Waals surface area contributed by atoms with Gasteiger partial charge in [0.05, 0.1) is 12.2 Å². The number of halogens is 2. The predicted molar refractivity (Wildman–Crippen MR) is 72.3 cm³/mol. The Bertz CT molecular complexity index is 609. The zero-order chi connectivity index (χ0) is 14.1. The van der Waals surface area contributed by atoms with Crippen LogP contribution >= 0.6 is 0 Å². The number of benzene rings is 1. The molecule has 106 valence electrons. The number of aryl methyl sites for hydroxylation is 1. The molecule has 1 saturated heterocycles. The number of nitrogens with zero attached hydrogens (tertiary/aromatic N) is 3. The minimum absolute atomic E-state index is 0.320. The van der Waals surface area contributed by atoms with Crippen molar-refractivity contribution in [1.29, 1.82) is 0 Å². The number of hydrogen-bond acceptors (Lipinski definition) is 2. The van der Waals surface area contributed by atoms with Crippen LogP contribution in [0.3, 0.4) is 0 Å². The maximum Gasteiger partial charge on any atom is 0.127 e. The molecule has 0 N–H and O–H groups in total. The molecule has 5 heteroatoms. The predicted octanol–water partition coefficient (Wildman–Crippen LogP) is 2.92. The number of rotatable bonds is 3. The monoisotopic (exact) mass is 277 g/mol. The summed E-state index contributed by atoms with van der Waals surface area (Å²) in [4.78, 5) is 2.14. The summed E-state index contributed by atoms with van der Waals surface area (Å²) < 4.78 is 28.8. The third-order valence-electron chi connectivity index (χ3n) is 3.75. The third-order valence-corrected chi connectivity index (χ3v) is 3.75. The fourth-order valence-electron chi connectivity index (χ4n) is 2.71. The first-order chi connectivity index (χ1) is 9.61. The van der Waals surface area contributed by atoms with E-state index < -0.39 is 0 Å². The van der Waals surface area contributed by atoms with Crippen LogP contribution in [0.25, 0.3) is 0 Å². The van der Waals surface area contributed by atoms with Crippen LogP contribution in [0.15, 0.2) is 30.6 Å². The Balaban J connectivity index is 1.67. The number of likely N-dealkylation sites (tertiary alicyclic amines) is 1. The van der Waals surface area contributed by atoms with Crippen molar-refractivity contribution in [3.8, 4) is 0 Å². The molecule has 1 unspecified atom stereocenters. The van der Waals surface area contributed by atoms with Crippen LogP contribution in [0.5, 0.6) is 0 Å². The topological polar surface area (TPSA) is 21.1 Å².